The molecular weight excluding hydrogens is 328 g/mol. The molecular formula is C18H17ClN2O3. The summed E-state index contributed by atoms with van der Waals surface area (Å²) < 4.78 is 7.29. The van der Waals surface area contributed by atoms with Crippen molar-refractivity contribution in [1.29, 1.82) is 0 Å². The second-order valence-corrected chi connectivity index (χ2v) is 5.97. The third-order valence-electron chi connectivity index (χ3n) is 3.89. The van der Waals surface area contributed by atoms with Gasteiger partial charge in [-0.1, -0.05) is 41.4 Å². The first-order chi connectivity index (χ1) is 11.6. The fourth-order valence-corrected chi connectivity index (χ4v) is 2.97. The molecule has 0 saturated heterocycles. The lowest BCUT2D eigenvalue weighted by molar-refractivity contribution is 0.298. The van der Waals surface area contributed by atoms with E-state index in [0.29, 0.717) is 35.5 Å². The number of aromatic nitrogens is 1. The zero-order chi connectivity index (χ0) is 17.1. The number of hydrogen-bond donors (Lipinski definition) is 1. The molecule has 24 heavy (non-hydrogen) atoms. The first kappa shape index (κ1) is 16.3. The summed E-state index contributed by atoms with van der Waals surface area (Å²) >= 11 is 6.22. The van der Waals surface area contributed by atoms with Crippen LogP contribution in [0.25, 0.3) is 10.9 Å². The van der Waals surface area contributed by atoms with Crippen LogP contribution in [0.5, 0.6) is 11.6 Å². The normalized spacial score (nSPS) is 10.9. The lowest BCUT2D eigenvalue weighted by Gasteiger charge is -2.09. The number of fused-ring (bicyclic) bond motifs is 1. The Morgan fingerprint density at radius 3 is 2.67 bits per heavy atom. The van der Waals surface area contributed by atoms with E-state index in [9.17, 15) is 10.0 Å². The smallest absolute Gasteiger partial charge is 0.222 e. The summed E-state index contributed by atoms with van der Waals surface area (Å²) in [6, 6.07) is 13.0. The predicted octanol–water partition coefficient (Wildman–Crippen LogP) is 5.18. The highest BCUT2D eigenvalue weighted by molar-refractivity contribution is 6.35. The zero-order valence-corrected chi connectivity index (χ0v) is 14.0. The van der Waals surface area contributed by atoms with Gasteiger partial charge < -0.3 is 14.4 Å². The lowest BCUT2D eigenvalue weighted by atomic mass is 10.2. The molecule has 1 aromatic heterocycles. The van der Waals surface area contributed by atoms with Gasteiger partial charge in [-0.05, 0) is 36.7 Å². The predicted molar refractivity (Wildman–Crippen MR) is 95.4 cm³/mol. The molecule has 0 aliphatic rings. The molecule has 0 radical (unpaired) electrons. The van der Waals surface area contributed by atoms with Gasteiger partial charge in [-0.3, -0.25) is 0 Å². The molecule has 0 aliphatic heterocycles. The van der Waals surface area contributed by atoms with Crippen molar-refractivity contribution in [2.45, 2.75) is 19.9 Å². The molecule has 5 nitrogen and oxygen atoms in total. The van der Waals surface area contributed by atoms with E-state index in [0.717, 1.165) is 5.75 Å². The molecule has 3 rings (SSSR count). The minimum absolute atomic E-state index is 0.0203. The van der Waals surface area contributed by atoms with Crippen molar-refractivity contribution in [3.63, 3.8) is 0 Å². The Hall–Kier alpha value is -2.53. The summed E-state index contributed by atoms with van der Waals surface area (Å²) in [4.78, 5) is 11.0. The van der Waals surface area contributed by atoms with Crippen LogP contribution in [0.1, 0.15) is 12.0 Å². The lowest BCUT2D eigenvalue weighted by Crippen LogP contribution is -2.04. The maximum Gasteiger partial charge on any atom is 0.222 e. The summed E-state index contributed by atoms with van der Waals surface area (Å²) in [6.07, 6.45) is 0.648. The Balaban J connectivity index is 1.74. The van der Waals surface area contributed by atoms with Crippen LogP contribution >= 0.6 is 11.6 Å². The number of hydrogen-bond acceptors (Lipinski definition) is 4. The average Bonchev–Trinajstić information content (AvgIpc) is 2.86. The van der Waals surface area contributed by atoms with E-state index in [4.69, 9.17) is 16.3 Å². The van der Waals surface area contributed by atoms with Crippen LogP contribution in [0.3, 0.4) is 0 Å². The van der Waals surface area contributed by atoms with E-state index >= 15 is 0 Å². The fourth-order valence-electron chi connectivity index (χ4n) is 2.69. The summed E-state index contributed by atoms with van der Waals surface area (Å²) in [7, 11) is 0. The molecule has 0 aliphatic carbocycles. The van der Waals surface area contributed by atoms with Crippen molar-refractivity contribution in [3.8, 4) is 11.6 Å². The van der Waals surface area contributed by atoms with E-state index in [1.54, 1.807) is 22.8 Å². The van der Waals surface area contributed by atoms with Crippen molar-refractivity contribution in [2.24, 2.45) is 5.18 Å². The number of nitrogens with zero attached hydrogens (tertiary/aromatic N) is 2. The average molecular weight is 345 g/mol. The van der Waals surface area contributed by atoms with Crippen molar-refractivity contribution in [1.82, 2.24) is 4.57 Å². The number of aromatic hydroxyl groups is 1. The van der Waals surface area contributed by atoms with Crippen LogP contribution in [0.2, 0.25) is 5.02 Å². The maximum absolute atomic E-state index is 11.0. The molecule has 0 atom stereocenters. The number of benzene rings is 2. The molecule has 3 aromatic rings. The van der Waals surface area contributed by atoms with E-state index in [2.05, 4.69) is 5.18 Å². The number of halogens is 1. The second kappa shape index (κ2) is 6.93. The molecule has 124 valence electrons. The molecule has 0 saturated carbocycles. The van der Waals surface area contributed by atoms with Gasteiger partial charge in [-0.15, -0.1) is 4.91 Å². The van der Waals surface area contributed by atoms with E-state index < -0.39 is 0 Å². The number of nitroso groups, excluding NO2 is 1. The number of ether oxygens (including phenoxy) is 1. The van der Waals surface area contributed by atoms with Crippen LogP contribution < -0.4 is 4.74 Å². The summed E-state index contributed by atoms with van der Waals surface area (Å²) in [5, 5.41) is 14.2. The second-order valence-electron chi connectivity index (χ2n) is 5.57. The highest BCUT2D eigenvalue weighted by Crippen LogP contribution is 2.41. The van der Waals surface area contributed by atoms with Gasteiger partial charge >= 0.3 is 0 Å². The highest BCUT2D eigenvalue weighted by Gasteiger charge is 2.19. The number of aryl methyl sites for hydroxylation is 2. The van der Waals surface area contributed by atoms with Crippen LogP contribution in [-0.4, -0.2) is 16.3 Å². The van der Waals surface area contributed by atoms with E-state index in [-0.39, 0.29) is 11.6 Å². The standard InChI is InChI=1S/C18H17ClN2O3/c1-12-6-8-13(9-7-12)24-11-3-10-21-17-14(4-2-5-15(17)19)16(20-23)18(21)22/h2,4-9,22H,3,10-11H2,1H3. The summed E-state index contributed by atoms with van der Waals surface area (Å²) in [5.74, 6) is 0.638. The van der Waals surface area contributed by atoms with E-state index in [1.165, 1.54) is 5.56 Å². The van der Waals surface area contributed by atoms with Crippen molar-refractivity contribution in [3.05, 3.63) is 58.0 Å². The molecule has 0 spiro atoms. The van der Waals surface area contributed by atoms with Gasteiger partial charge in [0.25, 0.3) is 0 Å². The topological polar surface area (TPSA) is 63.8 Å². The third kappa shape index (κ3) is 3.08. The molecule has 0 amide bonds. The number of para-hydroxylation sites is 1. The molecule has 2 aromatic carbocycles. The van der Waals surface area contributed by atoms with Gasteiger partial charge in [0, 0.05) is 11.9 Å². The third-order valence-corrected chi connectivity index (χ3v) is 4.19. The van der Waals surface area contributed by atoms with Crippen LogP contribution in [0, 0.1) is 11.8 Å². The zero-order valence-electron chi connectivity index (χ0n) is 13.2. The Kier molecular flexibility index (Phi) is 4.71. The molecule has 0 unspecified atom stereocenters. The number of rotatable bonds is 6. The largest absolute Gasteiger partial charge is 0.494 e. The van der Waals surface area contributed by atoms with Gasteiger partial charge in [0.2, 0.25) is 5.88 Å². The van der Waals surface area contributed by atoms with Gasteiger partial charge in [0.05, 0.1) is 17.1 Å². The Bertz CT molecular complexity index is 872. The van der Waals surface area contributed by atoms with Crippen molar-refractivity contribution >= 4 is 28.2 Å². The highest BCUT2D eigenvalue weighted by atomic mass is 35.5. The van der Waals surface area contributed by atoms with Crippen LogP contribution in [0.4, 0.5) is 5.69 Å². The monoisotopic (exact) mass is 344 g/mol. The van der Waals surface area contributed by atoms with Crippen LogP contribution in [0.15, 0.2) is 47.6 Å². The van der Waals surface area contributed by atoms with E-state index in [1.807, 2.05) is 31.2 Å². The maximum atomic E-state index is 11.0. The molecule has 6 heteroatoms. The quantitative estimate of drug-likeness (QED) is 0.495. The van der Waals surface area contributed by atoms with Crippen LogP contribution in [-0.2, 0) is 6.54 Å². The Morgan fingerprint density at radius 1 is 1.21 bits per heavy atom. The van der Waals surface area contributed by atoms with Crippen molar-refractivity contribution < 1.29 is 9.84 Å². The Labute approximate surface area is 144 Å². The van der Waals surface area contributed by atoms with Gasteiger partial charge in [0.1, 0.15) is 5.75 Å². The first-order valence-corrected chi connectivity index (χ1v) is 8.02. The molecule has 0 fully saturated rings. The Morgan fingerprint density at radius 2 is 1.96 bits per heavy atom. The van der Waals surface area contributed by atoms with Gasteiger partial charge in [0.15, 0.2) is 5.69 Å². The first-order valence-electron chi connectivity index (χ1n) is 7.64. The van der Waals surface area contributed by atoms with Crippen molar-refractivity contribution in [2.75, 3.05) is 6.61 Å². The minimum Gasteiger partial charge on any atom is -0.494 e. The SMILES string of the molecule is Cc1ccc(OCCCn2c(O)c(N=O)c3cccc(Cl)c32)cc1. The molecule has 1 N–H and O–H groups in total. The van der Waals surface area contributed by atoms with Gasteiger partial charge in [-0.25, -0.2) is 0 Å². The summed E-state index contributed by atoms with van der Waals surface area (Å²) in [5.41, 5.74) is 1.81. The molecule has 1 heterocycles. The molecule has 0 bridgehead atoms. The fraction of sp³-hybridized carbons (Fsp3) is 0.222. The minimum atomic E-state index is -0.163. The van der Waals surface area contributed by atoms with Gasteiger partial charge in [-0.2, -0.15) is 0 Å². The summed E-state index contributed by atoms with van der Waals surface area (Å²) in [6.45, 7) is 2.97.